The highest BCUT2D eigenvalue weighted by Gasteiger charge is 2.19. The number of nitrogens with zero attached hydrogens (tertiary/aromatic N) is 3. The van der Waals surface area contributed by atoms with Crippen LogP contribution in [-0.4, -0.2) is 40.2 Å². The summed E-state index contributed by atoms with van der Waals surface area (Å²) in [6.45, 7) is 7.13. The van der Waals surface area contributed by atoms with Gasteiger partial charge in [-0.25, -0.2) is 4.98 Å². The molecule has 0 saturated carbocycles. The van der Waals surface area contributed by atoms with E-state index in [1.807, 2.05) is 32.2 Å². The van der Waals surface area contributed by atoms with Gasteiger partial charge in [-0.1, -0.05) is 6.92 Å². The van der Waals surface area contributed by atoms with Crippen LogP contribution in [0, 0.1) is 6.92 Å². The maximum atomic E-state index is 13.1. The van der Waals surface area contributed by atoms with E-state index < -0.39 is 0 Å². The lowest BCUT2D eigenvalue weighted by molar-refractivity contribution is 0.0679. The molecule has 7 nitrogen and oxygen atoms in total. The minimum absolute atomic E-state index is 0.0997. The quantitative estimate of drug-likeness (QED) is 0.541. The Morgan fingerprint density at radius 3 is 2.81 bits per heavy atom. The van der Waals surface area contributed by atoms with E-state index in [1.165, 1.54) is 4.88 Å². The highest BCUT2D eigenvalue weighted by molar-refractivity contribution is 7.15. The standard InChI is InChI=1S/C24H28N4O3S/c1-4-21-12-27-24(32-21)18-8-17(9-20(10-18)31-14-19-6-5-7-30-19)23(29)28-16(3)22-13-25-15(2)11-26-22/h8-13,16,19H,4-7,14H2,1-3H3,(H,28,29)/t16?,19-/m0/s1. The molecule has 1 aromatic carbocycles. The molecule has 0 aliphatic carbocycles. The molecule has 1 unspecified atom stereocenters. The van der Waals surface area contributed by atoms with Gasteiger partial charge in [0.05, 0.1) is 29.7 Å². The zero-order valence-corrected chi connectivity index (χ0v) is 19.4. The fourth-order valence-corrected chi connectivity index (χ4v) is 4.33. The molecule has 1 amide bonds. The second-order valence-corrected chi connectivity index (χ2v) is 9.07. The lowest BCUT2D eigenvalue weighted by atomic mass is 10.1. The Labute approximate surface area is 192 Å². The van der Waals surface area contributed by atoms with Crippen molar-refractivity contribution < 1.29 is 14.3 Å². The largest absolute Gasteiger partial charge is 0.491 e. The number of rotatable bonds is 8. The molecular formula is C24H28N4O3S. The number of aryl methyl sites for hydroxylation is 2. The number of hydrogen-bond acceptors (Lipinski definition) is 7. The van der Waals surface area contributed by atoms with Crippen LogP contribution < -0.4 is 10.1 Å². The third-order valence-corrected chi connectivity index (χ3v) is 6.56. The number of thiazole rings is 1. The second kappa shape index (κ2) is 10.2. The highest BCUT2D eigenvalue weighted by atomic mass is 32.1. The number of benzene rings is 1. The average Bonchev–Trinajstić information content (AvgIpc) is 3.50. The van der Waals surface area contributed by atoms with Crippen LogP contribution in [0.1, 0.15) is 59.4 Å². The van der Waals surface area contributed by atoms with E-state index in [0.717, 1.165) is 42.1 Å². The maximum absolute atomic E-state index is 13.1. The predicted molar refractivity (Wildman–Crippen MR) is 124 cm³/mol. The Hall–Kier alpha value is -2.84. The highest BCUT2D eigenvalue weighted by Crippen LogP contribution is 2.30. The number of amides is 1. The van der Waals surface area contributed by atoms with Crippen molar-refractivity contribution in [2.75, 3.05) is 13.2 Å². The topological polar surface area (TPSA) is 86.2 Å². The molecule has 1 fully saturated rings. The molecule has 168 valence electrons. The molecule has 3 heterocycles. The predicted octanol–water partition coefficient (Wildman–Crippen LogP) is 4.52. The number of carbonyl (C=O) groups excluding carboxylic acids is 1. The molecule has 8 heteroatoms. The summed E-state index contributed by atoms with van der Waals surface area (Å²) in [7, 11) is 0. The van der Waals surface area contributed by atoms with Gasteiger partial charge in [-0.2, -0.15) is 0 Å². The van der Waals surface area contributed by atoms with Gasteiger partial charge in [0, 0.05) is 35.0 Å². The van der Waals surface area contributed by atoms with Crippen molar-refractivity contribution in [2.24, 2.45) is 0 Å². The van der Waals surface area contributed by atoms with Crippen molar-refractivity contribution in [3.8, 4) is 16.3 Å². The van der Waals surface area contributed by atoms with Gasteiger partial charge in [-0.15, -0.1) is 11.3 Å². The lowest BCUT2D eigenvalue weighted by Crippen LogP contribution is -2.27. The van der Waals surface area contributed by atoms with Crippen molar-refractivity contribution in [1.29, 1.82) is 0 Å². The third kappa shape index (κ3) is 5.49. The summed E-state index contributed by atoms with van der Waals surface area (Å²) in [5, 5.41) is 3.88. The molecule has 3 aromatic rings. The number of ether oxygens (including phenoxy) is 2. The van der Waals surface area contributed by atoms with Crippen LogP contribution >= 0.6 is 11.3 Å². The van der Waals surface area contributed by atoms with Gasteiger partial charge < -0.3 is 14.8 Å². The Balaban J connectivity index is 1.56. The summed E-state index contributed by atoms with van der Waals surface area (Å²) in [4.78, 5) is 27.5. The first-order valence-corrected chi connectivity index (χ1v) is 11.8. The zero-order valence-electron chi connectivity index (χ0n) is 18.6. The van der Waals surface area contributed by atoms with Crippen molar-refractivity contribution in [1.82, 2.24) is 20.3 Å². The SMILES string of the molecule is CCc1cnc(-c2cc(OC[C@@H]3CCCO3)cc(C(=O)NC(C)c3cnc(C)cn3)c2)s1. The van der Waals surface area contributed by atoms with Gasteiger partial charge in [-0.3, -0.25) is 14.8 Å². The molecule has 1 aliphatic heterocycles. The number of aromatic nitrogens is 3. The van der Waals surface area contributed by atoms with Crippen LogP contribution in [0.25, 0.3) is 10.6 Å². The smallest absolute Gasteiger partial charge is 0.251 e. The van der Waals surface area contributed by atoms with Gasteiger partial charge in [0.2, 0.25) is 0 Å². The fraction of sp³-hybridized carbons (Fsp3) is 0.417. The van der Waals surface area contributed by atoms with Crippen LogP contribution in [-0.2, 0) is 11.2 Å². The maximum Gasteiger partial charge on any atom is 0.251 e. The molecule has 4 rings (SSSR count). The summed E-state index contributed by atoms with van der Waals surface area (Å²) in [5.41, 5.74) is 2.93. The van der Waals surface area contributed by atoms with Gasteiger partial charge in [0.25, 0.3) is 5.91 Å². The van der Waals surface area contributed by atoms with Crippen molar-refractivity contribution >= 4 is 17.2 Å². The first-order valence-electron chi connectivity index (χ1n) is 11.0. The first-order chi connectivity index (χ1) is 15.5. The third-order valence-electron chi connectivity index (χ3n) is 5.37. The van der Waals surface area contributed by atoms with Crippen LogP contribution in [0.15, 0.2) is 36.8 Å². The molecule has 0 bridgehead atoms. The summed E-state index contributed by atoms with van der Waals surface area (Å²) in [6, 6.07) is 5.30. The van der Waals surface area contributed by atoms with Gasteiger partial charge >= 0.3 is 0 Å². The number of carbonyl (C=O) groups is 1. The molecule has 1 N–H and O–H groups in total. The average molecular weight is 453 g/mol. The summed E-state index contributed by atoms with van der Waals surface area (Å²) in [5.74, 6) is 0.440. The van der Waals surface area contributed by atoms with E-state index in [-0.39, 0.29) is 18.1 Å². The normalized spacial score (nSPS) is 16.7. The van der Waals surface area contributed by atoms with E-state index in [0.29, 0.717) is 23.6 Å². The molecule has 2 atom stereocenters. The molecule has 2 aromatic heterocycles. The van der Waals surface area contributed by atoms with Gasteiger partial charge in [0.15, 0.2) is 0 Å². The fourth-order valence-electron chi connectivity index (χ4n) is 3.49. The van der Waals surface area contributed by atoms with Crippen molar-refractivity contribution in [3.05, 3.63) is 58.6 Å². The van der Waals surface area contributed by atoms with E-state index in [9.17, 15) is 4.79 Å². The lowest BCUT2D eigenvalue weighted by Gasteiger charge is -2.16. The van der Waals surface area contributed by atoms with Crippen molar-refractivity contribution in [2.45, 2.75) is 52.2 Å². The van der Waals surface area contributed by atoms with E-state index in [4.69, 9.17) is 9.47 Å². The van der Waals surface area contributed by atoms with Gasteiger partial charge in [0.1, 0.15) is 17.4 Å². The number of hydrogen-bond donors (Lipinski definition) is 1. The van der Waals surface area contributed by atoms with E-state index in [2.05, 4.69) is 27.2 Å². The molecule has 32 heavy (non-hydrogen) atoms. The minimum Gasteiger partial charge on any atom is -0.491 e. The van der Waals surface area contributed by atoms with Crippen LogP contribution in [0.3, 0.4) is 0 Å². The minimum atomic E-state index is -0.276. The Bertz CT molecular complexity index is 1060. The van der Waals surface area contributed by atoms with E-state index >= 15 is 0 Å². The molecular weight excluding hydrogens is 424 g/mol. The summed E-state index contributed by atoms with van der Waals surface area (Å²) < 4.78 is 11.7. The second-order valence-electron chi connectivity index (χ2n) is 7.96. The van der Waals surface area contributed by atoms with Crippen molar-refractivity contribution in [3.63, 3.8) is 0 Å². The van der Waals surface area contributed by atoms with Crippen LogP contribution in [0.4, 0.5) is 0 Å². The first kappa shape index (κ1) is 22.4. The summed E-state index contributed by atoms with van der Waals surface area (Å²) in [6.07, 6.45) is 8.35. The molecule has 0 radical (unpaired) electrons. The van der Waals surface area contributed by atoms with Crippen LogP contribution in [0.2, 0.25) is 0 Å². The summed E-state index contributed by atoms with van der Waals surface area (Å²) >= 11 is 1.63. The number of nitrogens with one attached hydrogen (secondary N) is 1. The molecule has 1 saturated heterocycles. The van der Waals surface area contributed by atoms with E-state index in [1.54, 1.807) is 29.8 Å². The molecule has 0 spiro atoms. The Kier molecular flexibility index (Phi) is 7.12. The monoisotopic (exact) mass is 452 g/mol. The van der Waals surface area contributed by atoms with Crippen LogP contribution in [0.5, 0.6) is 5.75 Å². The Morgan fingerprint density at radius 2 is 2.12 bits per heavy atom. The van der Waals surface area contributed by atoms with Gasteiger partial charge in [-0.05, 0) is 51.3 Å². The zero-order chi connectivity index (χ0) is 22.5. The molecule has 1 aliphatic rings. The Morgan fingerprint density at radius 1 is 1.25 bits per heavy atom.